The summed E-state index contributed by atoms with van der Waals surface area (Å²) in [6, 6.07) is 1.25. The topological polar surface area (TPSA) is 106 Å². The molecule has 8 nitrogen and oxygen atoms in total. The Morgan fingerprint density at radius 1 is 1.34 bits per heavy atom. The summed E-state index contributed by atoms with van der Waals surface area (Å²) in [5.74, 6) is 0.475. The number of aliphatic hydroxyl groups is 1. The van der Waals surface area contributed by atoms with Gasteiger partial charge in [-0.25, -0.2) is 9.78 Å². The lowest BCUT2D eigenvalue weighted by molar-refractivity contribution is -0.147. The summed E-state index contributed by atoms with van der Waals surface area (Å²) in [6.07, 6.45) is 4.60. The van der Waals surface area contributed by atoms with Crippen molar-refractivity contribution in [2.24, 2.45) is 5.92 Å². The molecule has 0 fully saturated rings. The van der Waals surface area contributed by atoms with Gasteiger partial charge in [0.05, 0.1) is 31.0 Å². The fourth-order valence-electron chi connectivity index (χ4n) is 3.33. The van der Waals surface area contributed by atoms with Crippen LogP contribution >= 0.6 is 0 Å². The minimum Gasteiger partial charge on any atom is -0.464 e. The maximum atomic E-state index is 12.2. The van der Waals surface area contributed by atoms with Crippen LogP contribution in [0.3, 0.4) is 0 Å². The number of carbonyl (C=O) groups excluding carboxylic acids is 2. The van der Waals surface area contributed by atoms with Gasteiger partial charge in [-0.2, -0.15) is 0 Å². The van der Waals surface area contributed by atoms with E-state index in [2.05, 4.69) is 15.3 Å². The van der Waals surface area contributed by atoms with E-state index in [0.29, 0.717) is 25.8 Å². The molecule has 0 radical (unpaired) electrons. The number of ether oxygens (including phenoxy) is 1. The molecule has 29 heavy (non-hydrogen) atoms. The molecule has 1 unspecified atom stereocenters. The molecule has 0 spiro atoms. The number of imidazole rings is 1. The molecule has 0 saturated carbocycles. The molecule has 0 saturated heterocycles. The van der Waals surface area contributed by atoms with E-state index in [9.17, 15) is 14.7 Å². The predicted octanol–water partition coefficient (Wildman–Crippen LogP) is 2.36. The van der Waals surface area contributed by atoms with Crippen molar-refractivity contribution in [3.63, 3.8) is 0 Å². The van der Waals surface area contributed by atoms with Crippen LogP contribution in [0.2, 0.25) is 0 Å². The van der Waals surface area contributed by atoms with Crippen LogP contribution in [0.4, 0.5) is 0 Å². The molecule has 2 atom stereocenters. The Morgan fingerprint density at radius 3 is 2.79 bits per heavy atom. The maximum absolute atomic E-state index is 12.2. The zero-order valence-electron chi connectivity index (χ0n) is 17.7. The standard InChI is InChI=1S/C21H32N4O4/c1-5-29-21(28)17(11-14(2)3)24-20(27)8-6-7-16(26)13-25-15(4)23-18-12-22-10-9-19(18)25/h9-10,12,14,16-17,26H,5-8,11,13H2,1-4H3,(H,24,27)/t16?,17-/m0/s1. The van der Waals surface area contributed by atoms with E-state index in [1.165, 1.54) is 0 Å². The van der Waals surface area contributed by atoms with E-state index in [1.54, 1.807) is 19.3 Å². The third-order valence-corrected chi connectivity index (χ3v) is 4.69. The van der Waals surface area contributed by atoms with Crippen molar-refractivity contribution < 1.29 is 19.4 Å². The number of rotatable bonds is 11. The number of pyridine rings is 1. The highest BCUT2D eigenvalue weighted by Crippen LogP contribution is 2.16. The van der Waals surface area contributed by atoms with Gasteiger partial charge in [0, 0.05) is 12.6 Å². The number of hydrogen-bond acceptors (Lipinski definition) is 6. The van der Waals surface area contributed by atoms with E-state index in [1.807, 2.05) is 31.4 Å². The molecule has 2 rings (SSSR count). The van der Waals surface area contributed by atoms with E-state index in [-0.39, 0.29) is 24.9 Å². The summed E-state index contributed by atoms with van der Waals surface area (Å²) in [7, 11) is 0. The van der Waals surface area contributed by atoms with Crippen LogP contribution in [-0.4, -0.2) is 50.3 Å². The highest BCUT2D eigenvalue weighted by atomic mass is 16.5. The molecule has 2 aromatic rings. The minimum atomic E-state index is -0.624. The van der Waals surface area contributed by atoms with Gasteiger partial charge < -0.3 is 19.7 Å². The van der Waals surface area contributed by atoms with E-state index < -0.39 is 18.1 Å². The number of aliphatic hydroxyl groups excluding tert-OH is 1. The van der Waals surface area contributed by atoms with Gasteiger partial charge in [-0.05, 0) is 45.1 Å². The van der Waals surface area contributed by atoms with E-state index >= 15 is 0 Å². The summed E-state index contributed by atoms with van der Waals surface area (Å²) < 4.78 is 7.01. The van der Waals surface area contributed by atoms with Gasteiger partial charge in [-0.1, -0.05) is 13.8 Å². The molecular weight excluding hydrogens is 372 g/mol. The monoisotopic (exact) mass is 404 g/mol. The van der Waals surface area contributed by atoms with Crippen molar-refractivity contribution in [3.05, 3.63) is 24.3 Å². The van der Waals surface area contributed by atoms with Crippen LogP contribution in [0.1, 0.15) is 52.3 Å². The van der Waals surface area contributed by atoms with Crippen molar-refractivity contribution in [2.75, 3.05) is 6.61 Å². The van der Waals surface area contributed by atoms with Gasteiger partial charge in [-0.15, -0.1) is 0 Å². The Balaban J connectivity index is 1.82. The number of fused-ring (bicyclic) bond motifs is 1. The Labute approximate surface area is 171 Å². The molecule has 2 heterocycles. The third kappa shape index (κ3) is 6.81. The zero-order chi connectivity index (χ0) is 21.4. The van der Waals surface area contributed by atoms with Gasteiger partial charge in [0.15, 0.2) is 0 Å². The molecule has 0 aromatic carbocycles. The van der Waals surface area contributed by atoms with E-state index in [0.717, 1.165) is 16.9 Å². The second-order valence-electron chi connectivity index (χ2n) is 7.68. The second-order valence-corrected chi connectivity index (χ2v) is 7.68. The average Bonchev–Trinajstić information content (AvgIpc) is 2.96. The van der Waals surface area contributed by atoms with Crippen LogP contribution in [0.25, 0.3) is 11.0 Å². The SMILES string of the molecule is CCOC(=O)[C@H](CC(C)C)NC(=O)CCCC(O)Cn1c(C)nc2cnccc21. The van der Waals surface area contributed by atoms with Crippen LogP contribution in [0.15, 0.2) is 18.5 Å². The summed E-state index contributed by atoms with van der Waals surface area (Å²) in [4.78, 5) is 32.8. The van der Waals surface area contributed by atoms with Crippen molar-refractivity contribution in [3.8, 4) is 0 Å². The first-order valence-electron chi connectivity index (χ1n) is 10.2. The van der Waals surface area contributed by atoms with Gasteiger partial charge in [-0.3, -0.25) is 9.78 Å². The Kier molecular flexibility index (Phi) is 8.57. The van der Waals surface area contributed by atoms with Crippen molar-refractivity contribution in [2.45, 2.75) is 72.1 Å². The molecule has 0 aliphatic rings. The van der Waals surface area contributed by atoms with Gasteiger partial charge in [0.2, 0.25) is 5.91 Å². The number of aromatic nitrogens is 3. The number of esters is 1. The molecule has 8 heteroatoms. The largest absolute Gasteiger partial charge is 0.464 e. The third-order valence-electron chi connectivity index (χ3n) is 4.69. The first kappa shape index (κ1) is 22.8. The van der Waals surface area contributed by atoms with Crippen LogP contribution in [0.5, 0.6) is 0 Å². The summed E-state index contributed by atoms with van der Waals surface area (Å²) in [5, 5.41) is 13.2. The summed E-state index contributed by atoms with van der Waals surface area (Å²) in [6.45, 7) is 8.32. The highest BCUT2D eigenvalue weighted by Gasteiger charge is 2.23. The number of nitrogens with zero attached hydrogens (tertiary/aromatic N) is 3. The van der Waals surface area contributed by atoms with Crippen molar-refractivity contribution >= 4 is 22.9 Å². The fourth-order valence-corrected chi connectivity index (χ4v) is 3.33. The van der Waals surface area contributed by atoms with Crippen LogP contribution < -0.4 is 5.32 Å². The van der Waals surface area contributed by atoms with Gasteiger partial charge in [0.1, 0.15) is 17.4 Å². The molecular formula is C21H32N4O4. The molecule has 160 valence electrons. The van der Waals surface area contributed by atoms with Crippen LogP contribution in [-0.2, 0) is 20.9 Å². The first-order chi connectivity index (χ1) is 13.8. The smallest absolute Gasteiger partial charge is 0.328 e. The second kappa shape index (κ2) is 10.9. The quantitative estimate of drug-likeness (QED) is 0.557. The normalized spacial score (nSPS) is 13.4. The average molecular weight is 405 g/mol. The maximum Gasteiger partial charge on any atom is 0.328 e. The zero-order valence-corrected chi connectivity index (χ0v) is 17.7. The summed E-state index contributed by atoms with van der Waals surface area (Å²) >= 11 is 0. The van der Waals surface area contributed by atoms with Gasteiger partial charge >= 0.3 is 5.97 Å². The van der Waals surface area contributed by atoms with E-state index in [4.69, 9.17) is 4.74 Å². The molecule has 1 amide bonds. The number of aryl methyl sites for hydroxylation is 1. The molecule has 0 aliphatic carbocycles. The Morgan fingerprint density at radius 2 is 2.10 bits per heavy atom. The molecule has 2 aromatic heterocycles. The lowest BCUT2D eigenvalue weighted by atomic mass is 10.0. The minimum absolute atomic E-state index is 0.203. The Hall–Kier alpha value is -2.48. The number of hydrogen-bond donors (Lipinski definition) is 2. The molecule has 0 aliphatic heterocycles. The Bertz CT molecular complexity index is 818. The number of nitrogens with one attached hydrogen (secondary N) is 1. The fraction of sp³-hybridized carbons (Fsp3) is 0.619. The first-order valence-corrected chi connectivity index (χ1v) is 10.2. The van der Waals surface area contributed by atoms with Crippen molar-refractivity contribution in [1.82, 2.24) is 19.9 Å². The van der Waals surface area contributed by atoms with Crippen molar-refractivity contribution in [1.29, 1.82) is 0 Å². The number of amides is 1. The lowest BCUT2D eigenvalue weighted by Crippen LogP contribution is -2.42. The highest BCUT2D eigenvalue weighted by molar-refractivity contribution is 5.84. The predicted molar refractivity (Wildman–Crippen MR) is 110 cm³/mol. The van der Waals surface area contributed by atoms with Gasteiger partial charge in [0.25, 0.3) is 0 Å². The molecule has 2 N–H and O–H groups in total. The molecule has 0 bridgehead atoms. The van der Waals surface area contributed by atoms with Crippen LogP contribution in [0, 0.1) is 12.8 Å². The number of carbonyl (C=O) groups is 2. The lowest BCUT2D eigenvalue weighted by Gasteiger charge is -2.19. The summed E-state index contributed by atoms with van der Waals surface area (Å²) in [5.41, 5.74) is 1.73.